The van der Waals surface area contributed by atoms with Gasteiger partial charge >= 0.3 is 0 Å². The summed E-state index contributed by atoms with van der Waals surface area (Å²) < 4.78 is 0. The van der Waals surface area contributed by atoms with Crippen molar-refractivity contribution in [2.45, 2.75) is 32.6 Å². The molecular formula is C10H17Cl. The van der Waals surface area contributed by atoms with Crippen LogP contribution in [-0.2, 0) is 0 Å². The Kier molecular flexibility index (Phi) is 7.71. The van der Waals surface area contributed by atoms with Crippen LogP contribution < -0.4 is 0 Å². The van der Waals surface area contributed by atoms with E-state index in [0.29, 0.717) is 0 Å². The summed E-state index contributed by atoms with van der Waals surface area (Å²) in [5.74, 6) is 0.786. The molecule has 0 atom stereocenters. The van der Waals surface area contributed by atoms with Crippen LogP contribution in [-0.4, -0.2) is 5.88 Å². The average Bonchev–Trinajstić information content (AvgIpc) is 1.96. The zero-order valence-electron chi connectivity index (χ0n) is 7.28. The summed E-state index contributed by atoms with van der Waals surface area (Å²) in [5, 5.41) is 0. The number of halogens is 1. The molecule has 0 saturated carbocycles. The molecule has 64 valence electrons. The Labute approximate surface area is 74.9 Å². The van der Waals surface area contributed by atoms with Crippen LogP contribution in [0, 0.1) is 0 Å². The van der Waals surface area contributed by atoms with Crippen molar-refractivity contribution in [3.63, 3.8) is 0 Å². The van der Waals surface area contributed by atoms with Gasteiger partial charge in [-0.1, -0.05) is 24.3 Å². The first-order chi connectivity index (χ1) is 5.27. The van der Waals surface area contributed by atoms with Crippen LogP contribution in [0.5, 0.6) is 0 Å². The predicted molar refractivity (Wildman–Crippen MR) is 53.1 cm³/mol. The van der Waals surface area contributed by atoms with Gasteiger partial charge in [0, 0.05) is 5.88 Å². The lowest BCUT2D eigenvalue weighted by Gasteiger charge is -1.91. The third-order valence-corrected chi connectivity index (χ3v) is 1.65. The van der Waals surface area contributed by atoms with Gasteiger partial charge in [-0.05, 0) is 32.6 Å². The van der Waals surface area contributed by atoms with E-state index in [0.717, 1.165) is 25.1 Å². The van der Waals surface area contributed by atoms with Crippen LogP contribution in [0.3, 0.4) is 0 Å². The molecule has 1 heteroatoms. The Bertz CT molecular complexity index is 125. The van der Waals surface area contributed by atoms with Crippen LogP contribution in [0.25, 0.3) is 0 Å². The van der Waals surface area contributed by atoms with E-state index in [9.17, 15) is 0 Å². The maximum Gasteiger partial charge on any atom is 0.0223 e. The highest BCUT2D eigenvalue weighted by atomic mass is 35.5. The van der Waals surface area contributed by atoms with Crippen molar-refractivity contribution in [2.75, 3.05) is 5.88 Å². The maximum absolute atomic E-state index is 5.53. The molecule has 0 saturated heterocycles. The molecule has 0 aromatic heterocycles. The first-order valence-corrected chi connectivity index (χ1v) is 4.66. The largest absolute Gasteiger partial charge is 0.127 e. The maximum atomic E-state index is 5.53. The molecule has 0 radical (unpaired) electrons. The SMILES string of the molecule is C=C(C)C/C=C/CCCCCl. The standard InChI is InChI=1S/C10H17Cl/c1-10(2)8-6-4-3-5-7-9-11/h4,6H,1,3,5,7-9H2,2H3/b6-4+. The van der Waals surface area contributed by atoms with E-state index in [4.69, 9.17) is 11.6 Å². The minimum Gasteiger partial charge on any atom is -0.127 e. The minimum absolute atomic E-state index is 0.786. The van der Waals surface area contributed by atoms with E-state index < -0.39 is 0 Å². The van der Waals surface area contributed by atoms with Crippen molar-refractivity contribution >= 4 is 11.6 Å². The van der Waals surface area contributed by atoms with Crippen LogP contribution >= 0.6 is 11.6 Å². The van der Waals surface area contributed by atoms with E-state index in [2.05, 4.69) is 18.7 Å². The molecule has 0 spiro atoms. The zero-order valence-corrected chi connectivity index (χ0v) is 8.03. The van der Waals surface area contributed by atoms with Gasteiger partial charge in [0.15, 0.2) is 0 Å². The van der Waals surface area contributed by atoms with Gasteiger partial charge in [0.05, 0.1) is 0 Å². The van der Waals surface area contributed by atoms with Crippen LogP contribution in [0.2, 0.25) is 0 Å². The van der Waals surface area contributed by atoms with Crippen LogP contribution in [0.4, 0.5) is 0 Å². The van der Waals surface area contributed by atoms with E-state index in [-0.39, 0.29) is 0 Å². The molecule has 0 aliphatic heterocycles. The Hall–Kier alpha value is -0.230. The normalized spacial score (nSPS) is 10.7. The lowest BCUT2D eigenvalue weighted by molar-refractivity contribution is 0.818. The molecule has 0 nitrogen and oxygen atoms in total. The highest BCUT2D eigenvalue weighted by Gasteiger charge is 1.82. The summed E-state index contributed by atoms with van der Waals surface area (Å²) in [6.07, 6.45) is 8.88. The summed E-state index contributed by atoms with van der Waals surface area (Å²) in [5.41, 5.74) is 1.22. The third kappa shape index (κ3) is 9.77. The van der Waals surface area contributed by atoms with Crippen LogP contribution in [0.1, 0.15) is 32.6 Å². The first-order valence-electron chi connectivity index (χ1n) is 4.12. The molecule has 0 unspecified atom stereocenters. The Morgan fingerprint density at radius 3 is 2.64 bits per heavy atom. The van der Waals surface area contributed by atoms with Crippen LogP contribution in [0.15, 0.2) is 24.3 Å². The predicted octanol–water partition coefficient (Wildman–Crippen LogP) is 3.92. The third-order valence-electron chi connectivity index (χ3n) is 1.39. The zero-order chi connectivity index (χ0) is 8.53. The molecule has 0 aliphatic rings. The summed E-state index contributed by atoms with van der Waals surface area (Å²) in [4.78, 5) is 0. The van der Waals surface area contributed by atoms with E-state index in [1.165, 1.54) is 12.0 Å². The Morgan fingerprint density at radius 1 is 1.36 bits per heavy atom. The second-order valence-electron chi connectivity index (χ2n) is 2.82. The number of alkyl halides is 1. The lowest BCUT2D eigenvalue weighted by atomic mass is 10.2. The molecule has 0 bridgehead atoms. The molecule has 0 aromatic carbocycles. The van der Waals surface area contributed by atoms with Gasteiger partial charge in [-0.3, -0.25) is 0 Å². The molecule has 0 N–H and O–H groups in total. The van der Waals surface area contributed by atoms with Crippen molar-refractivity contribution in [2.24, 2.45) is 0 Å². The molecule has 0 heterocycles. The van der Waals surface area contributed by atoms with Crippen molar-refractivity contribution in [1.82, 2.24) is 0 Å². The highest BCUT2D eigenvalue weighted by Crippen LogP contribution is 2.01. The molecule has 0 rings (SSSR count). The minimum atomic E-state index is 0.786. The van der Waals surface area contributed by atoms with E-state index >= 15 is 0 Å². The number of hydrogen-bond acceptors (Lipinski definition) is 0. The van der Waals surface area contributed by atoms with Crippen molar-refractivity contribution < 1.29 is 0 Å². The number of unbranched alkanes of at least 4 members (excludes halogenated alkanes) is 2. The number of allylic oxidation sites excluding steroid dienone is 3. The van der Waals surface area contributed by atoms with E-state index in [1.54, 1.807) is 0 Å². The van der Waals surface area contributed by atoms with Gasteiger partial charge in [0.25, 0.3) is 0 Å². The average molecular weight is 173 g/mol. The fourth-order valence-corrected chi connectivity index (χ4v) is 0.948. The molecule has 0 aromatic rings. The molecule has 0 aliphatic carbocycles. The Morgan fingerprint density at radius 2 is 2.09 bits per heavy atom. The lowest BCUT2D eigenvalue weighted by Crippen LogP contribution is -1.74. The number of hydrogen-bond donors (Lipinski definition) is 0. The smallest absolute Gasteiger partial charge is 0.0223 e. The van der Waals surface area contributed by atoms with Gasteiger partial charge in [0.1, 0.15) is 0 Å². The first kappa shape index (κ1) is 10.8. The van der Waals surface area contributed by atoms with Crippen molar-refractivity contribution in [1.29, 1.82) is 0 Å². The van der Waals surface area contributed by atoms with Gasteiger partial charge in [-0.15, -0.1) is 11.6 Å². The quantitative estimate of drug-likeness (QED) is 0.324. The van der Waals surface area contributed by atoms with Gasteiger partial charge < -0.3 is 0 Å². The summed E-state index contributed by atoms with van der Waals surface area (Å²) in [7, 11) is 0. The molecule has 0 fully saturated rings. The van der Waals surface area contributed by atoms with Crippen molar-refractivity contribution in [3.05, 3.63) is 24.3 Å². The van der Waals surface area contributed by atoms with Crippen molar-refractivity contribution in [3.8, 4) is 0 Å². The summed E-state index contributed by atoms with van der Waals surface area (Å²) >= 11 is 5.53. The molecule has 0 amide bonds. The van der Waals surface area contributed by atoms with Gasteiger partial charge in [-0.2, -0.15) is 0 Å². The molecular weight excluding hydrogens is 156 g/mol. The highest BCUT2D eigenvalue weighted by molar-refractivity contribution is 6.17. The van der Waals surface area contributed by atoms with Gasteiger partial charge in [-0.25, -0.2) is 0 Å². The Balaban J connectivity index is 3.10. The summed E-state index contributed by atoms with van der Waals surface area (Å²) in [6, 6.07) is 0. The second kappa shape index (κ2) is 7.87. The monoisotopic (exact) mass is 172 g/mol. The molecule has 11 heavy (non-hydrogen) atoms. The second-order valence-corrected chi connectivity index (χ2v) is 3.20. The number of rotatable bonds is 6. The summed E-state index contributed by atoms with van der Waals surface area (Å²) in [6.45, 7) is 5.86. The van der Waals surface area contributed by atoms with E-state index in [1.807, 2.05) is 6.92 Å². The topological polar surface area (TPSA) is 0 Å². The van der Waals surface area contributed by atoms with Gasteiger partial charge in [0.2, 0.25) is 0 Å². The fraction of sp³-hybridized carbons (Fsp3) is 0.600. The fourth-order valence-electron chi connectivity index (χ4n) is 0.759.